The van der Waals surface area contributed by atoms with Crippen LogP contribution in [0, 0.1) is 0 Å². The van der Waals surface area contributed by atoms with Gasteiger partial charge in [-0.25, -0.2) is 0 Å². The van der Waals surface area contributed by atoms with Crippen molar-refractivity contribution in [3.63, 3.8) is 0 Å². The molecule has 0 aromatic carbocycles. The van der Waals surface area contributed by atoms with Crippen LogP contribution in [0.2, 0.25) is 0 Å². The molecule has 1 amide bonds. The smallest absolute Gasteiger partial charge is 0.312 e. The average molecular weight is 227 g/mol. The second-order valence-electron chi connectivity index (χ2n) is 3.22. The normalized spacial score (nSPS) is 9.93. The van der Waals surface area contributed by atoms with E-state index < -0.39 is 12.4 Å². The van der Waals surface area contributed by atoms with Crippen molar-refractivity contribution in [3.8, 4) is 0 Å². The van der Waals surface area contributed by atoms with Crippen LogP contribution in [0.25, 0.3) is 0 Å². The van der Waals surface area contributed by atoms with E-state index >= 15 is 0 Å². The first-order valence-electron chi connectivity index (χ1n) is 4.57. The van der Waals surface area contributed by atoms with E-state index in [9.17, 15) is 9.59 Å². The van der Waals surface area contributed by atoms with Crippen molar-refractivity contribution in [1.29, 1.82) is 0 Å². The minimum Gasteiger partial charge on any atom is -0.481 e. The Morgan fingerprint density at radius 3 is 2.80 bits per heavy atom. The van der Waals surface area contributed by atoms with E-state index in [-0.39, 0.29) is 5.91 Å². The summed E-state index contributed by atoms with van der Waals surface area (Å²) in [6.45, 7) is 0.562. The maximum atomic E-state index is 11.3. The quantitative estimate of drug-likeness (QED) is 0.769. The van der Waals surface area contributed by atoms with Crippen LogP contribution in [0.5, 0.6) is 0 Å². The van der Waals surface area contributed by atoms with E-state index in [0.29, 0.717) is 6.54 Å². The standard InChI is InChI=1S/C10H13NO3S/c1-11(9(12)7-10(13)14)5-4-8-3-2-6-15-8/h2-3,6H,4-5,7H2,1H3,(H,13,14). The van der Waals surface area contributed by atoms with E-state index in [4.69, 9.17) is 5.11 Å². The summed E-state index contributed by atoms with van der Waals surface area (Å²) in [6.07, 6.45) is 0.348. The van der Waals surface area contributed by atoms with Crippen molar-refractivity contribution in [2.24, 2.45) is 0 Å². The average Bonchev–Trinajstić information content (AvgIpc) is 2.65. The highest BCUT2D eigenvalue weighted by molar-refractivity contribution is 7.09. The predicted molar refractivity (Wildman–Crippen MR) is 57.9 cm³/mol. The van der Waals surface area contributed by atoms with Gasteiger partial charge < -0.3 is 10.0 Å². The van der Waals surface area contributed by atoms with E-state index in [1.807, 2.05) is 17.5 Å². The Kier molecular flexibility index (Phi) is 4.30. The zero-order valence-corrected chi connectivity index (χ0v) is 9.29. The third-order valence-electron chi connectivity index (χ3n) is 2.00. The Bertz CT molecular complexity index is 334. The lowest BCUT2D eigenvalue weighted by Crippen LogP contribution is -2.30. The molecule has 1 aromatic heterocycles. The minimum absolute atomic E-state index is 0.348. The predicted octanol–water partition coefficient (Wildman–Crippen LogP) is 1.22. The van der Waals surface area contributed by atoms with E-state index in [0.717, 1.165) is 6.42 Å². The van der Waals surface area contributed by atoms with Gasteiger partial charge in [0, 0.05) is 18.5 Å². The molecule has 1 N–H and O–H groups in total. The number of carbonyl (C=O) groups excluding carboxylic acids is 1. The number of thiophene rings is 1. The highest BCUT2D eigenvalue weighted by Gasteiger charge is 2.12. The Hall–Kier alpha value is -1.36. The molecule has 1 rings (SSSR count). The molecule has 0 atom stereocenters. The van der Waals surface area contributed by atoms with Crippen LogP contribution in [0.3, 0.4) is 0 Å². The van der Waals surface area contributed by atoms with Gasteiger partial charge in [0.05, 0.1) is 0 Å². The fraction of sp³-hybridized carbons (Fsp3) is 0.400. The molecule has 4 nitrogen and oxygen atoms in total. The zero-order valence-electron chi connectivity index (χ0n) is 8.47. The Balaban J connectivity index is 2.32. The first-order valence-corrected chi connectivity index (χ1v) is 5.45. The molecule has 5 heteroatoms. The molecule has 0 fully saturated rings. The molecule has 0 saturated heterocycles. The number of carboxylic acids is 1. The summed E-state index contributed by atoms with van der Waals surface area (Å²) >= 11 is 1.64. The summed E-state index contributed by atoms with van der Waals surface area (Å²) < 4.78 is 0. The lowest BCUT2D eigenvalue weighted by Gasteiger charge is -2.15. The van der Waals surface area contributed by atoms with Gasteiger partial charge in [0.25, 0.3) is 0 Å². The van der Waals surface area contributed by atoms with Crippen LogP contribution >= 0.6 is 11.3 Å². The fourth-order valence-corrected chi connectivity index (χ4v) is 1.82. The second-order valence-corrected chi connectivity index (χ2v) is 4.25. The summed E-state index contributed by atoms with van der Waals surface area (Å²) in [5.41, 5.74) is 0. The number of likely N-dealkylation sites (N-methyl/N-ethyl adjacent to an activating group) is 1. The number of rotatable bonds is 5. The Labute approximate surface area is 92.1 Å². The molecule has 0 aliphatic rings. The van der Waals surface area contributed by atoms with Gasteiger partial charge in [-0.05, 0) is 17.9 Å². The third-order valence-corrected chi connectivity index (χ3v) is 2.94. The molecule has 15 heavy (non-hydrogen) atoms. The summed E-state index contributed by atoms with van der Waals surface area (Å²) in [5.74, 6) is -1.43. The molecule has 1 aromatic rings. The monoisotopic (exact) mass is 227 g/mol. The lowest BCUT2D eigenvalue weighted by molar-refractivity contribution is -0.143. The number of aliphatic carboxylic acids is 1. The van der Waals surface area contributed by atoms with E-state index in [2.05, 4.69) is 0 Å². The van der Waals surface area contributed by atoms with Crippen molar-refractivity contribution in [1.82, 2.24) is 4.90 Å². The summed E-state index contributed by atoms with van der Waals surface area (Å²) in [7, 11) is 1.62. The molecular weight excluding hydrogens is 214 g/mol. The number of carbonyl (C=O) groups is 2. The van der Waals surface area contributed by atoms with Gasteiger partial charge in [0.1, 0.15) is 6.42 Å². The van der Waals surface area contributed by atoms with Crippen LogP contribution in [-0.2, 0) is 16.0 Å². The molecule has 0 radical (unpaired) electrons. The second kappa shape index (κ2) is 5.50. The molecule has 0 aliphatic carbocycles. The zero-order chi connectivity index (χ0) is 11.3. The van der Waals surface area contributed by atoms with Gasteiger partial charge in [0.2, 0.25) is 5.91 Å². The molecule has 1 heterocycles. The van der Waals surface area contributed by atoms with Gasteiger partial charge in [-0.3, -0.25) is 9.59 Å². The van der Waals surface area contributed by atoms with Crippen molar-refractivity contribution in [2.45, 2.75) is 12.8 Å². The van der Waals surface area contributed by atoms with Crippen LogP contribution in [0.1, 0.15) is 11.3 Å². The molecule has 0 unspecified atom stereocenters. The van der Waals surface area contributed by atoms with Gasteiger partial charge in [0.15, 0.2) is 0 Å². The SMILES string of the molecule is CN(CCc1cccs1)C(=O)CC(=O)O. The molecule has 0 aliphatic heterocycles. The van der Waals surface area contributed by atoms with Crippen LogP contribution < -0.4 is 0 Å². The highest BCUT2D eigenvalue weighted by atomic mass is 32.1. The Morgan fingerprint density at radius 2 is 2.27 bits per heavy atom. The van der Waals surface area contributed by atoms with Crippen LogP contribution in [0.15, 0.2) is 17.5 Å². The summed E-state index contributed by atoms with van der Waals surface area (Å²) in [6, 6.07) is 3.96. The molecule has 0 saturated carbocycles. The largest absolute Gasteiger partial charge is 0.481 e. The van der Waals surface area contributed by atoms with Crippen LogP contribution in [-0.4, -0.2) is 35.5 Å². The minimum atomic E-state index is -1.08. The lowest BCUT2D eigenvalue weighted by atomic mass is 10.3. The number of amides is 1. The molecule has 82 valence electrons. The number of hydrogen-bond acceptors (Lipinski definition) is 3. The third kappa shape index (κ3) is 4.12. The number of nitrogens with zero attached hydrogens (tertiary/aromatic N) is 1. The molecular formula is C10H13NO3S. The van der Waals surface area contributed by atoms with Crippen molar-refractivity contribution >= 4 is 23.2 Å². The molecule has 0 spiro atoms. The van der Waals surface area contributed by atoms with Crippen molar-refractivity contribution < 1.29 is 14.7 Å². The van der Waals surface area contributed by atoms with Gasteiger partial charge >= 0.3 is 5.97 Å². The van der Waals surface area contributed by atoms with E-state index in [1.54, 1.807) is 18.4 Å². The van der Waals surface area contributed by atoms with Crippen molar-refractivity contribution in [3.05, 3.63) is 22.4 Å². The topological polar surface area (TPSA) is 57.6 Å². The number of carboxylic acid groups (broad SMARTS) is 1. The van der Waals surface area contributed by atoms with Crippen molar-refractivity contribution in [2.75, 3.05) is 13.6 Å². The Morgan fingerprint density at radius 1 is 1.53 bits per heavy atom. The van der Waals surface area contributed by atoms with E-state index in [1.165, 1.54) is 9.78 Å². The molecule has 0 bridgehead atoms. The van der Waals surface area contributed by atoms with Gasteiger partial charge in [-0.1, -0.05) is 6.07 Å². The summed E-state index contributed by atoms with van der Waals surface area (Å²) in [5, 5.41) is 10.4. The van der Waals surface area contributed by atoms with Gasteiger partial charge in [-0.15, -0.1) is 11.3 Å². The van der Waals surface area contributed by atoms with Gasteiger partial charge in [-0.2, -0.15) is 0 Å². The highest BCUT2D eigenvalue weighted by Crippen LogP contribution is 2.09. The first kappa shape index (κ1) is 11.7. The maximum absolute atomic E-state index is 11.3. The van der Waals surface area contributed by atoms with Crippen LogP contribution in [0.4, 0.5) is 0 Å². The summed E-state index contributed by atoms with van der Waals surface area (Å²) in [4.78, 5) is 24.2. The number of hydrogen-bond donors (Lipinski definition) is 1. The first-order chi connectivity index (χ1) is 7.09. The maximum Gasteiger partial charge on any atom is 0.312 e. The fourth-order valence-electron chi connectivity index (χ4n) is 1.12.